The molecule has 6 aliphatic rings. The normalized spacial score (nSPS) is 15.8. The highest BCUT2D eigenvalue weighted by atomic mass is 16.5. The van der Waals surface area contributed by atoms with Gasteiger partial charge in [-0.05, 0) is 107 Å². The zero-order valence-electron chi connectivity index (χ0n) is 72.1. The van der Waals surface area contributed by atoms with E-state index in [2.05, 4.69) is 303 Å². The van der Waals surface area contributed by atoms with E-state index < -0.39 is 0 Å². The molecule has 0 spiro atoms. The number of cyclic esters (lactones) is 1. The first kappa shape index (κ1) is 97.4. The summed E-state index contributed by atoms with van der Waals surface area (Å²) in [7, 11) is 0. The van der Waals surface area contributed by atoms with Gasteiger partial charge < -0.3 is 23.7 Å². The summed E-state index contributed by atoms with van der Waals surface area (Å²) in [6.45, 7) is 66.4. The summed E-state index contributed by atoms with van der Waals surface area (Å²) in [5.74, 6) is 21.5. The molecule has 0 fully saturated rings. The summed E-state index contributed by atoms with van der Waals surface area (Å²) < 4.78 is 14.9. The molecule has 16 nitrogen and oxygen atoms in total. The van der Waals surface area contributed by atoms with Crippen molar-refractivity contribution in [3.05, 3.63) is 141 Å². The number of nitrogens with one attached hydrogen (secondary N) is 2. The lowest BCUT2D eigenvalue weighted by Gasteiger charge is -2.36. The van der Waals surface area contributed by atoms with E-state index in [9.17, 15) is 9.59 Å². The van der Waals surface area contributed by atoms with E-state index in [0.717, 1.165) is 102 Å². The highest BCUT2D eigenvalue weighted by Crippen LogP contribution is 2.33. The van der Waals surface area contributed by atoms with Crippen LogP contribution in [-0.2, 0) is 36.0 Å². The molecule has 4 aromatic rings. The van der Waals surface area contributed by atoms with Crippen molar-refractivity contribution in [2.75, 3.05) is 26.2 Å². The predicted octanol–water partition coefficient (Wildman–Crippen LogP) is 19.3. The molecule has 1 unspecified atom stereocenters. The molecule has 0 aliphatic carbocycles. The van der Waals surface area contributed by atoms with E-state index in [4.69, 9.17) is 65.2 Å². The molecular weight excluding hydrogens is 1360 g/mol. The summed E-state index contributed by atoms with van der Waals surface area (Å²) in [5, 5.41) is 14.2. The predicted molar refractivity (Wildman–Crippen MR) is 459 cm³/mol. The van der Waals surface area contributed by atoms with Gasteiger partial charge in [-0.1, -0.05) is 257 Å². The Morgan fingerprint density at radius 3 is 1.41 bits per heavy atom. The summed E-state index contributed by atoms with van der Waals surface area (Å²) in [4.78, 5) is 47.9. The molecule has 4 aromatic heterocycles. The monoisotopic (exact) mass is 1490 g/mol. The zero-order chi connectivity index (χ0) is 84.8. The lowest BCUT2D eigenvalue weighted by molar-refractivity contribution is -0.149. The Balaban J connectivity index is 0.000000611. The van der Waals surface area contributed by atoms with Gasteiger partial charge in [0.2, 0.25) is 5.91 Å². The van der Waals surface area contributed by atoms with Crippen LogP contribution in [-0.4, -0.2) is 108 Å². The van der Waals surface area contributed by atoms with Crippen molar-refractivity contribution in [2.45, 2.75) is 260 Å². The molecule has 10 heterocycles. The maximum Gasteiger partial charge on any atom is 0.330 e. The molecule has 110 heavy (non-hydrogen) atoms. The van der Waals surface area contributed by atoms with E-state index in [1.165, 1.54) is 22.8 Å². The number of esters is 1. The van der Waals surface area contributed by atoms with Crippen molar-refractivity contribution >= 4 is 34.7 Å². The van der Waals surface area contributed by atoms with Crippen molar-refractivity contribution in [2.24, 2.45) is 47.0 Å². The second-order valence-corrected chi connectivity index (χ2v) is 36.7. The maximum atomic E-state index is 11.3. The quantitative estimate of drug-likeness (QED) is 0.127. The minimum absolute atomic E-state index is 0.0118. The Morgan fingerprint density at radius 2 is 1.13 bits per heavy atom. The SMILES string of the molecule is C#CC1=NC(C(C)(C)C)=CC1.C#CC1=NCC(C(C)(C)C)=C1.C#CC1=NCC=C1C(C)(C)C.C#CC1=NCC=C1C(C)(C)C.C#Cc1cc(C(C)(C)C)n[nH]1.C#Cc1cc(C(C)(C)C)on1.C#Cc1ncc(C(C)(C)C)[nH]1.C#Cc1nocc1C(C)(C)C.CC(C)(C)C1CC=CC(=O)O1.CC(C)(C)N1CCC=CC1=O. The molecule has 0 aromatic carbocycles. The van der Waals surface area contributed by atoms with Gasteiger partial charge in [-0.2, -0.15) is 5.10 Å². The van der Waals surface area contributed by atoms with Crippen LogP contribution in [0.4, 0.5) is 0 Å². The van der Waals surface area contributed by atoms with Crippen LogP contribution in [0.25, 0.3) is 0 Å². The number of H-pyrrole nitrogens is 2. The number of ether oxygens (including phenoxy) is 1. The van der Waals surface area contributed by atoms with Gasteiger partial charge >= 0.3 is 5.97 Å². The summed E-state index contributed by atoms with van der Waals surface area (Å²) in [6.07, 6.45) is 63.1. The molecule has 0 radical (unpaired) electrons. The van der Waals surface area contributed by atoms with Crippen LogP contribution in [0.3, 0.4) is 0 Å². The van der Waals surface area contributed by atoms with E-state index in [1.807, 2.05) is 50.0 Å². The van der Waals surface area contributed by atoms with Gasteiger partial charge in [0.05, 0.1) is 31.0 Å². The fraction of sp³-hybridized carbons (Fsp3) is 0.511. The van der Waals surface area contributed by atoms with E-state index in [1.54, 1.807) is 24.6 Å². The minimum atomic E-state index is -0.212. The standard InChI is InChI=1S/4C10H13N.2C9H12N2.C9H15NO.2C9H11NO.C9H14O2/c1-5-9-6-8(7-11-9)10(2,3)4;2*1-5-9-8(6-7-11-9)10(2,3)4;1-5-8-6-7-9(11-8)10(2,3)4;1-5-8-10-6-7(11-8)9(2,3)4;1-5-7-6-8(11-10-7)9(2,3)4;1-9(2,3)10-7-5-4-6-8(10)11;1-5-8-7(6-11-10-8)9(2,3)4;1-5-7-6-8(11-10-7)9(2,3)4;1-9(2,3)7-5-4-6-8(10)11-7/h3*1,6H,7H2,2-4H3;1,7H,6H2,2-4H3;2*1,6H,2-4H3,(H,10,11);4,6H,5,7H2,1-3H3;2*1,6H,2-4H3;4,6-7H,5H2,1-3H3. The first-order valence-electron chi connectivity index (χ1n) is 37.0. The van der Waals surface area contributed by atoms with Crippen LogP contribution in [0.1, 0.15) is 273 Å². The van der Waals surface area contributed by atoms with Crippen molar-refractivity contribution in [1.82, 2.24) is 35.4 Å². The smallest absolute Gasteiger partial charge is 0.330 e. The summed E-state index contributed by atoms with van der Waals surface area (Å²) >= 11 is 0. The second kappa shape index (κ2) is 41.8. The highest BCUT2D eigenvalue weighted by Gasteiger charge is 2.30. The lowest BCUT2D eigenvalue weighted by Crippen LogP contribution is -2.46. The average molecular weight is 1490 g/mol. The highest BCUT2D eigenvalue weighted by molar-refractivity contribution is 6.15. The first-order valence-corrected chi connectivity index (χ1v) is 37.0. The van der Waals surface area contributed by atoms with Crippen LogP contribution in [0.5, 0.6) is 0 Å². The third kappa shape index (κ3) is 34.7. The number of amides is 1. The number of hydrogen-bond donors (Lipinski definition) is 2. The molecule has 16 heteroatoms. The number of aromatic amines is 2. The lowest BCUT2D eigenvalue weighted by atomic mass is 9.84. The van der Waals surface area contributed by atoms with Gasteiger partial charge in [-0.3, -0.25) is 24.9 Å². The average Bonchev–Trinajstić information content (AvgIpc) is 1.82. The van der Waals surface area contributed by atoms with Gasteiger partial charge in [-0.15, -0.1) is 51.4 Å². The molecule has 588 valence electrons. The first-order chi connectivity index (χ1) is 50.4. The largest absolute Gasteiger partial charge is 0.458 e. The Morgan fingerprint density at radius 1 is 0.555 bits per heavy atom. The van der Waals surface area contributed by atoms with E-state index in [-0.39, 0.29) is 72.3 Å². The van der Waals surface area contributed by atoms with Crippen LogP contribution in [0.2, 0.25) is 0 Å². The number of aromatic nitrogens is 6. The third-order valence-corrected chi connectivity index (χ3v) is 16.6. The molecule has 0 saturated carbocycles. The summed E-state index contributed by atoms with van der Waals surface area (Å²) in [5.41, 5.74) is 14.0. The molecule has 1 amide bonds. The molecule has 0 bridgehead atoms. The van der Waals surface area contributed by atoms with Gasteiger partial charge in [0.15, 0.2) is 17.2 Å². The molecule has 10 rings (SSSR count). The Kier molecular flexibility index (Phi) is 37.0. The van der Waals surface area contributed by atoms with E-state index in [0.29, 0.717) is 17.2 Å². The zero-order valence-corrected chi connectivity index (χ0v) is 72.1. The number of hydrogen-bond acceptors (Lipinski definition) is 13. The molecule has 1 atom stereocenters. The van der Waals surface area contributed by atoms with Crippen LogP contribution < -0.4 is 0 Å². The molecule has 6 aliphatic heterocycles. The van der Waals surface area contributed by atoms with Crippen molar-refractivity contribution in [3.63, 3.8) is 0 Å². The van der Waals surface area contributed by atoms with Gasteiger partial charge in [0, 0.05) is 81.9 Å². The Labute approximate surface area is 663 Å². The van der Waals surface area contributed by atoms with Crippen molar-refractivity contribution in [3.8, 4) is 98.8 Å². The number of terminal acetylenes is 8. The Bertz CT molecular complexity index is 4220. The number of allylic oxidation sites excluding steroid dienone is 5. The van der Waals surface area contributed by atoms with Gasteiger partial charge in [-0.25, -0.2) is 14.8 Å². The van der Waals surface area contributed by atoms with Gasteiger partial charge in [0.1, 0.15) is 41.0 Å². The number of nitrogens with zero attached hydrogens (tertiary/aromatic N) is 9. The Hall–Kier alpha value is -10.6. The van der Waals surface area contributed by atoms with Gasteiger partial charge in [0.25, 0.3) is 0 Å². The number of aliphatic imine (C=N–C) groups is 4. The third-order valence-electron chi connectivity index (χ3n) is 16.6. The molecule has 0 saturated heterocycles. The van der Waals surface area contributed by atoms with E-state index >= 15 is 0 Å². The van der Waals surface area contributed by atoms with Crippen molar-refractivity contribution < 1.29 is 23.4 Å². The van der Waals surface area contributed by atoms with Crippen LogP contribution in [0.15, 0.2) is 125 Å². The second-order valence-electron chi connectivity index (χ2n) is 36.7. The van der Waals surface area contributed by atoms with Crippen molar-refractivity contribution in [1.29, 1.82) is 0 Å². The summed E-state index contributed by atoms with van der Waals surface area (Å²) in [6, 6.07) is 3.69. The molecule has 2 N–H and O–H groups in total. The van der Waals surface area contributed by atoms with Crippen LogP contribution >= 0.6 is 0 Å². The number of imidazole rings is 1. The fourth-order valence-corrected chi connectivity index (χ4v) is 9.78. The number of carbonyl (C=O) groups is 2. The molecular formula is C94H127N11O5. The number of carbonyl (C=O) groups excluding carboxylic acids is 2. The van der Waals surface area contributed by atoms with Crippen LogP contribution in [0, 0.1) is 126 Å². The topological polar surface area (TPSA) is 205 Å². The maximum absolute atomic E-state index is 11.3. The number of rotatable bonds is 0. The minimum Gasteiger partial charge on any atom is -0.458 e. The fourth-order valence-electron chi connectivity index (χ4n) is 9.78.